The Morgan fingerprint density at radius 3 is 2.95 bits per heavy atom. The molecule has 1 aliphatic heterocycles. The Bertz CT molecular complexity index is 634. The van der Waals surface area contributed by atoms with E-state index < -0.39 is 22.4 Å². The van der Waals surface area contributed by atoms with Gasteiger partial charge in [-0.3, -0.25) is 0 Å². The standard InChI is InChI=1S/C14H18FNO4S/c15-12-5-4-11(8-10(12)9-17)21(18,19)16-6-7-20-14-3-1-2-13(14)16/h4-5,8,13-14,17H,1-3,6-7,9H2. The Morgan fingerprint density at radius 1 is 1.38 bits per heavy atom. The van der Waals surface area contributed by atoms with Gasteiger partial charge in [0.05, 0.1) is 30.3 Å². The van der Waals surface area contributed by atoms with E-state index in [1.165, 1.54) is 16.4 Å². The van der Waals surface area contributed by atoms with Crippen molar-refractivity contribution in [1.29, 1.82) is 0 Å². The lowest BCUT2D eigenvalue weighted by Gasteiger charge is -2.36. The van der Waals surface area contributed by atoms with Crippen molar-refractivity contribution >= 4 is 10.0 Å². The molecule has 0 aromatic heterocycles. The lowest BCUT2D eigenvalue weighted by atomic mass is 10.2. The highest BCUT2D eigenvalue weighted by atomic mass is 32.2. The molecular weight excluding hydrogens is 297 g/mol. The molecule has 1 saturated heterocycles. The normalized spacial score (nSPS) is 26.8. The van der Waals surface area contributed by atoms with Crippen LogP contribution in [0.5, 0.6) is 0 Å². The first-order valence-electron chi connectivity index (χ1n) is 7.07. The molecule has 2 aliphatic rings. The van der Waals surface area contributed by atoms with Crippen LogP contribution in [0.25, 0.3) is 0 Å². The van der Waals surface area contributed by atoms with Crippen molar-refractivity contribution < 1.29 is 22.7 Å². The average Bonchev–Trinajstić information content (AvgIpc) is 2.95. The van der Waals surface area contributed by atoms with Crippen molar-refractivity contribution in [3.8, 4) is 0 Å². The van der Waals surface area contributed by atoms with E-state index in [1.807, 2.05) is 0 Å². The number of nitrogens with zero attached hydrogens (tertiary/aromatic N) is 1. The molecule has 0 radical (unpaired) electrons. The predicted octanol–water partition coefficient (Wildman–Crippen LogP) is 1.26. The number of hydrogen-bond donors (Lipinski definition) is 1. The summed E-state index contributed by atoms with van der Waals surface area (Å²) in [6.07, 6.45) is 2.58. The fourth-order valence-corrected chi connectivity index (χ4v) is 4.87. The summed E-state index contributed by atoms with van der Waals surface area (Å²) in [5, 5.41) is 9.10. The number of sulfonamides is 1. The zero-order valence-corrected chi connectivity index (χ0v) is 12.4. The summed E-state index contributed by atoms with van der Waals surface area (Å²) in [7, 11) is -3.69. The van der Waals surface area contributed by atoms with Crippen LogP contribution in [0.1, 0.15) is 24.8 Å². The fourth-order valence-electron chi connectivity index (χ4n) is 3.16. The van der Waals surface area contributed by atoms with Crippen LogP contribution < -0.4 is 0 Å². The van der Waals surface area contributed by atoms with Gasteiger partial charge in [0.1, 0.15) is 5.82 Å². The van der Waals surface area contributed by atoms with Gasteiger partial charge in [-0.05, 0) is 37.5 Å². The summed E-state index contributed by atoms with van der Waals surface area (Å²) < 4.78 is 46.1. The molecule has 1 aromatic rings. The Morgan fingerprint density at radius 2 is 2.19 bits per heavy atom. The van der Waals surface area contributed by atoms with Gasteiger partial charge in [-0.1, -0.05) is 0 Å². The van der Waals surface area contributed by atoms with Gasteiger partial charge in [0, 0.05) is 12.1 Å². The number of aliphatic hydroxyl groups excluding tert-OH is 1. The van der Waals surface area contributed by atoms with Gasteiger partial charge in [-0.15, -0.1) is 0 Å². The van der Waals surface area contributed by atoms with Gasteiger partial charge in [0.25, 0.3) is 0 Å². The second-order valence-electron chi connectivity index (χ2n) is 5.43. The van der Waals surface area contributed by atoms with Crippen LogP contribution in [-0.2, 0) is 21.4 Å². The Balaban J connectivity index is 1.96. The number of ether oxygens (including phenoxy) is 1. The molecule has 1 aliphatic carbocycles. The van der Waals surface area contributed by atoms with Gasteiger partial charge in [-0.2, -0.15) is 4.31 Å². The quantitative estimate of drug-likeness (QED) is 0.912. The van der Waals surface area contributed by atoms with Gasteiger partial charge in [-0.25, -0.2) is 12.8 Å². The minimum atomic E-state index is -3.69. The number of morpholine rings is 1. The van der Waals surface area contributed by atoms with E-state index in [9.17, 15) is 12.8 Å². The molecule has 2 atom stereocenters. The number of hydrogen-bond acceptors (Lipinski definition) is 4. The summed E-state index contributed by atoms with van der Waals surface area (Å²) in [6, 6.07) is 3.42. The average molecular weight is 315 g/mol. The highest BCUT2D eigenvalue weighted by Gasteiger charge is 2.42. The third-order valence-electron chi connectivity index (χ3n) is 4.23. The van der Waals surface area contributed by atoms with Crippen molar-refractivity contribution in [3.63, 3.8) is 0 Å². The molecule has 0 bridgehead atoms. The Kier molecular flexibility index (Phi) is 4.00. The van der Waals surface area contributed by atoms with E-state index in [4.69, 9.17) is 9.84 Å². The van der Waals surface area contributed by atoms with E-state index >= 15 is 0 Å². The zero-order chi connectivity index (χ0) is 15.0. The maximum atomic E-state index is 13.4. The second kappa shape index (κ2) is 5.64. The summed E-state index contributed by atoms with van der Waals surface area (Å²) >= 11 is 0. The maximum absolute atomic E-state index is 13.4. The number of benzene rings is 1. The van der Waals surface area contributed by atoms with E-state index in [2.05, 4.69) is 0 Å². The van der Waals surface area contributed by atoms with Crippen LogP contribution in [0.2, 0.25) is 0 Å². The van der Waals surface area contributed by atoms with Crippen LogP contribution in [0, 0.1) is 5.82 Å². The molecule has 0 spiro atoms. The first-order chi connectivity index (χ1) is 10.0. The third kappa shape index (κ3) is 2.59. The summed E-state index contributed by atoms with van der Waals surface area (Å²) in [4.78, 5) is 0.0282. The molecule has 116 valence electrons. The largest absolute Gasteiger partial charge is 0.392 e. The highest BCUT2D eigenvalue weighted by Crippen LogP contribution is 2.33. The van der Waals surface area contributed by atoms with E-state index in [0.717, 1.165) is 25.3 Å². The van der Waals surface area contributed by atoms with Crippen molar-refractivity contribution in [3.05, 3.63) is 29.6 Å². The first kappa shape index (κ1) is 14.9. The lowest BCUT2D eigenvalue weighted by Crippen LogP contribution is -2.51. The van der Waals surface area contributed by atoms with Gasteiger partial charge in [0.15, 0.2) is 0 Å². The Labute approximate surface area is 123 Å². The van der Waals surface area contributed by atoms with Gasteiger partial charge in [0.2, 0.25) is 10.0 Å². The molecule has 1 heterocycles. The van der Waals surface area contributed by atoms with Crippen LogP contribution in [0.15, 0.2) is 23.1 Å². The molecule has 1 aromatic carbocycles. The van der Waals surface area contributed by atoms with E-state index in [0.29, 0.717) is 13.2 Å². The predicted molar refractivity (Wildman–Crippen MR) is 73.6 cm³/mol. The molecule has 2 fully saturated rings. The lowest BCUT2D eigenvalue weighted by molar-refractivity contribution is -0.0241. The highest BCUT2D eigenvalue weighted by molar-refractivity contribution is 7.89. The summed E-state index contributed by atoms with van der Waals surface area (Å²) in [6.45, 7) is 0.175. The molecule has 7 heteroatoms. The topological polar surface area (TPSA) is 66.8 Å². The van der Waals surface area contributed by atoms with Crippen LogP contribution >= 0.6 is 0 Å². The van der Waals surface area contributed by atoms with E-state index in [-0.39, 0.29) is 22.6 Å². The number of rotatable bonds is 3. The molecule has 5 nitrogen and oxygen atoms in total. The number of fused-ring (bicyclic) bond motifs is 1. The smallest absolute Gasteiger partial charge is 0.243 e. The summed E-state index contributed by atoms with van der Waals surface area (Å²) in [5.74, 6) is -0.600. The monoisotopic (exact) mass is 315 g/mol. The van der Waals surface area contributed by atoms with Gasteiger partial charge < -0.3 is 9.84 Å². The fraction of sp³-hybridized carbons (Fsp3) is 0.571. The molecule has 21 heavy (non-hydrogen) atoms. The van der Waals surface area contributed by atoms with Gasteiger partial charge >= 0.3 is 0 Å². The maximum Gasteiger partial charge on any atom is 0.243 e. The van der Waals surface area contributed by atoms with E-state index in [1.54, 1.807) is 0 Å². The zero-order valence-electron chi connectivity index (χ0n) is 11.5. The molecule has 1 saturated carbocycles. The van der Waals surface area contributed by atoms with Crippen molar-refractivity contribution in [2.45, 2.75) is 42.9 Å². The molecular formula is C14H18FNO4S. The molecule has 1 N–H and O–H groups in total. The number of aliphatic hydroxyl groups is 1. The first-order valence-corrected chi connectivity index (χ1v) is 8.51. The third-order valence-corrected chi connectivity index (χ3v) is 6.15. The van der Waals surface area contributed by atoms with Crippen LogP contribution in [0.3, 0.4) is 0 Å². The summed E-state index contributed by atoms with van der Waals surface area (Å²) in [5.41, 5.74) is -0.00712. The van der Waals surface area contributed by atoms with Crippen molar-refractivity contribution in [2.24, 2.45) is 0 Å². The molecule has 2 unspecified atom stereocenters. The molecule has 0 amide bonds. The second-order valence-corrected chi connectivity index (χ2v) is 7.33. The SMILES string of the molecule is O=S(=O)(c1ccc(F)c(CO)c1)N1CCOC2CCCC21. The minimum Gasteiger partial charge on any atom is -0.392 e. The van der Waals surface area contributed by atoms with Crippen LogP contribution in [-0.4, -0.2) is 43.1 Å². The van der Waals surface area contributed by atoms with Crippen molar-refractivity contribution in [1.82, 2.24) is 4.31 Å². The number of halogens is 1. The van der Waals surface area contributed by atoms with Crippen molar-refractivity contribution in [2.75, 3.05) is 13.2 Å². The minimum absolute atomic E-state index is 0.00712. The molecule has 3 rings (SSSR count). The Hall–Kier alpha value is -1.02. The van der Waals surface area contributed by atoms with Crippen LogP contribution in [0.4, 0.5) is 4.39 Å².